The highest BCUT2D eigenvalue weighted by Gasteiger charge is 2.38. The van der Waals surface area contributed by atoms with Crippen LogP contribution in [0.5, 0.6) is 0 Å². The number of nitrogens with one attached hydrogen (secondary N) is 1. The van der Waals surface area contributed by atoms with Crippen LogP contribution >= 0.6 is 0 Å². The van der Waals surface area contributed by atoms with Gasteiger partial charge < -0.3 is 10.0 Å². The van der Waals surface area contributed by atoms with E-state index in [2.05, 4.69) is 63.0 Å². The van der Waals surface area contributed by atoms with Gasteiger partial charge in [0.25, 0.3) is 0 Å². The molecule has 1 saturated carbocycles. The van der Waals surface area contributed by atoms with E-state index in [4.69, 9.17) is 5.11 Å². The van der Waals surface area contributed by atoms with E-state index in [-0.39, 0.29) is 12.3 Å². The van der Waals surface area contributed by atoms with Crippen molar-refractivity contribution in [1.82, 2.24) is 15.1 Å². The molecule has 1 rings (SSSR count). The molecule has 2 N–H and O–H groups in total. The van der Waals surface area contributed by atoms with Crippen LogP contribution in [-0.4, -0.2) is 60.4 Å². The Hall–Kier alpha value is -0.840. The van der Waals surface area contributed by atoms with Gasteiger partial charge in [-0.05, 0) is 57.2 Å². The Morgan fingerprint density at radius 1 is 1.13 bits per heavy atom. The van der Waals surface area contributed by atoms with Crippen LogP contribution in [0.25, 0.3) is 0 Å². The third kappa shape index (κ3) is 15.0. The molecule has 0 aromatic carbocycles. The smallest absolute Gasteiger partial charge is 0.0931 e. The first kappa shape index (κ1) is 33.8. The Labute approximate surface area is 190 Å². The summed E-state index contributed by atoms with van der Waals surface area (Å²) in [4.78, 5) is 4.93. The molecule has 1 atom stereocenters. The second kappa shape index (κ2) is 22.8. The predicted octanol–water partition coefficient (Wildman–Crippen LogP) is 6.29. The Bertz CT molecular complexity index is 382. The van der Waals surface area contributed by atoms with Crippen molar-refractivity contribution >= 4 is 0 Å². The van der Waals surface area contributed by atoms with Gasteiger partial charge in [-0.2, -0.15) is 0 Å². The molecule has 0 aromatic rings. The number of hydrogen-bond donors (Lipinski definition) is 2. The first-order chi connectivity index (χ1) is 14.4. The van der Waals surface area contributed by atoms with Crippen LogP contribution < -0.4 is 5.32 Å². The average Bonchev–Trinajstić information content (AvgIpc) is 3.61. The van der Waals surface area contributed by atoms with Crippen molar-refractivity contribution in [2.45, 2.75) is 99.5 Å². The number of hydrogen-bond acceptors (Lipinski definition) is 4. The first-order valence-electron chi connectivity index (χ1n) is 12.5. The fourth-order valence-electron chi connectivity index (χ4n) is 3.44. The van der Waals surface area contributed by atoms with Crippen LogP contribution in [0.15, 0.2) is 24.9 Å². The molecular formula is C26H57N3O. The number of aliphatic hydroxyl groups excluding tert-OH is 1. The SMILES string of the molecule is C=CC(=C)N(C)CC(CC)(CCCNCO)N(CC)CC1CC1.CC.CC.CCC. The van der Waals surface area contributed by atoms with Gasteiger partial charge in [-0.3, -0.25) is 10.2 Å². The van der Waals surface area contributed by atoms with Crippen molar-refractivity contribution in [2.24, 2.45) is 5.92 Å². The number of allylic oxidation sites excluding steroid dienone is 1. The molecule has 1 aliphatic carbocycles. The summed E-state index contributed by atoms with van der Waals surface area (Å²) in [5, 5.41) is 12.0. The lowest BCUT2D eigenvalue weighted by atomic mass is 9.86. The summed E-state index contributed by atoms with van der Waals surface area (Å²) in [6.07, 6.45) is 9.19. The van der Waals surface area contributed by atoms with Gasteiger partial charge >= 0.3 is 0 Å². The average molecular weight is 428 g/mol. The van der Waals surface area contributed by atoms with E-state index in [0.717, 1.165) is 50.5 Å². The summed E-state index contributed by atoms with van der Waals surface area (Å²) in [6, 6.07) is 0. The molecule has 0 radical (unpaired) electrons. The quantitative estimate of drug-likeness (QED) is 0.194. The van der Waals surface area contributed by atoms with E-state index in [1.54, 1.807) is 0 Å². The molecule has 0 amide bonds. The van der Waals surface area contributed by atoms with Gasteiger partial charge in [-0.1, -0.05) is 75.0 Å². The van der Waals surface area contributed by atoms with Crippen molar-refractivity contribution in [3.8, 4) is 0 Å². The van der Waals surface area contributed by atoms with Crippen LogP contribution in [0.2, 0.25) is 0 Å². The van der Waals surface area contributed by atoms with Gasteiger partial charge in [0.05, 0.1) is 6.73 Å². The van der Waals surface area contributed by atoms with Gasteiger partial charge in [0.2, 0.25) is 0 Å². The van der Waals surface area contributed by atoms with Crippen LogP contribution in [0.3, 0.4) is 0 Å². The molecule has 182 valence electrons. The molecular weight excluding hydrogens is 370 g/mol. The number of rotatable bonds is 14. The monoisotopic (exact) mass is 427 g/mol. The number of nitrogens with zero attached hydrogens (tertiary/aromatic N) is 2. The van der Waals surface area contributed by atoms with E-state index in [1.807, 2.05) is 33.8 Å². The standard InChI is InChI=1S/C19H37N3O.C3H8.2C2H6/c1-6-17(4)21(5)15-19(7-2,12-9-13-20-16-23)22(8-3)14-18-10-11-18;1-3-2;2*1-2/h6,18,20,23H,1,4,7-16H2,2-3,5H3;3H2,1-2H3;2*1-2H3. The maximum Gasteiger partial charge on any atom is 0.0931 e. The highest BCUT2D eigenvalue weighted by atomic mass is 16.3. The third-order valence-corrected chi connectivity index (χ3v) is 5.25. The zero-order chi connectivity index (χ0) is 24.0. The minimum Gasteiger partial charge on any atom is -0.381 e. The molecule has 4 heteroatoms. The van der Waals surface area contributed by atoms with Gasteiger partial charge in [-0.15, -0.1) is 0 Å². The van der Waals surface area contributed by atoms with Crippen LogP contribution in [0, 0.1) is 5.92 Å². The van der Waals surface area contributed by atoms with Gasteiger partial charge in [-0.25, -0.2) is 0 Å². The lowest BCUT2D eigenvalue weighted by Crippen LogP contribution is -2.55. The molecule has 0 spiro atoms. The van der Waals surface area contributed by atoms with Crippen LogP contribution in [0.4, 0.5) is 0 Å². The number of likely N-dealkylation sites (N-methyl/N-ethyl adjacent to an activating group) is 2. The van der Waals surface area contributed by atoms with Crippen molar-refractivity contribution in [1.29, 1.82) is 0 Å². The van der Waals surface area contributed by atoms with Crippen LogP contribution in [0.1, 0.15) is 93.9 Å². The molecule has 1 aliphatic rings. The molecule has 4 nitrogen and oxygen atoms in total. The maximum atomic E-state index is 8.93. The Balaban J connectivity index is -0.000000926. The second-order valence-corrected chi connectivity index (χ2v) is 7.58. The summed E-state index contributed by atoms with van der Waals surface area (Å²) in [5.74, 6) is 0.893. The largest absolute Gasteiger partial charge is 0.381 e. The molecule has 0 heterocycles. The Morgan fingerprint density at radius 3 is 2.03 bits per heavy atom. The number of aliphatic hydroxyl groups is 1. The van der Waals surface area contributed by atoms with Gasteiger partial charge in [0.1, 0.15) is 0 Å². The summed E-state index contributed by atoms with van der Waals surface area (Å²) in [7, 11) is 2.12. The summed E-state index contributed by atoms with van der Waals surface area (Å²) in [6.45, 7) is 29.0. The van der Waals surface area contributed by atoms with Crippen LogP contribution in [-0.2, 0) is 0 Å². The van der Waals surface area contributed by atoms with E-state index in [0.29, 0.717) is 0 Å². The predicted molar refractivity (Wildman–Crippen MR) is 138 cm³/mol. The molecule has 1 fully saturated rings. The minimum atomic E-state index is 0.0614. The summed E-state index contributed by atoms with van der Waals surface area (Å²) < 4.78 is 0. The van der Waals surface area contributed by atoms with Crippen molar-refractivity contribution in [2.75, 3.05) is 40.0 Å². The van der Waals surface area contributed by atoms with E-state index in [1.165, 1.54) is 25.8 Å². The van der Waals surface area contributed by atoms with Crippen molar-refractivity contribution in [3.05, 3.63) is 24.9 Å². The lowest BCUT2D eigenvalue weighted by molar-refractivity contribution is 0.0490. The first-order valence-corrected chi connectivity index (χ1v) is 12.5. The fourth-order valence-corrected chi connectivity index (χ4v) is 3.44. The fraction of sp³-hybridized carbons (Fsp3) is 0.846. The Kier molecular flexibility index (Phi) is 25.7. The topological polar surface area (TPSA) is 38.7 Å². The zero-order valence-electron chi connectivity index (χ0n) is 22.2. The van der Waals surface area contributed by atoms with E-state index >= 15 is 0 Å². The normalized spacial score (nSPS) is 14.1. The lowest BCUT2D eigenvalue weighted by Gasteiger charge is -2.46. The summed E-state index contributed by atoms with van der Waals surface area (Å²) >= 11 is 0. The molecule has 0 aliphatic heterocycles. The maximum absolute atomic E-state index is 8.93. The van der Waals surface area contributed by atoms with Gasteiger partial charge in [0.15, 0.2) is 0 Å². The highest BCUT2D eigenvalue weighted by molar-refractivity contribution is 5.11. The summed E-state index contributed by atoms with van der Waals surface area (Å²) in [5.41, 5.74) is 1.15. The van der Waals surface area contributed by atoms with E-state index in [9.17, 15) is 0 Å². The van der Waals surface area contributed by atoms with Crippen molar-refractivity contribution in [3.63, 3.8) is 0 Å². The Morgan fingerprint density at radius 2 is 1.67 bits per heavy atom. The molecule has 30 heavy (non-hydrogen) atoms. The molecule has 0 aromatic heterocycles. The molecule has 1 unspecified atom stereocenters. The third-order valence-electron chi connectivity index (χ3n) is 5.25. The van der Waals surface area contributed by atoms with Gasteiger partial charge in [0, 0.05) is 31.4 Å². The second-order valence-electron chi connectivity index (χ2n) is 7.58. The van der Waals surface area contributed by atoms with E-state index < -0.39 is 0 Å². The molecule has 0 bridgehead atoms. The molecule has 0 saturated heterocycles. The highest BCUT2D eigenvalue weighted by Crippen LogP contribution is 2.35. The zero-order valence-corrected chi connectivity index (χ0v) is 22.2. The van der Waals surface area contributed by atoms with Crippen molar-refractivity contribution < 1.29 is 5.11 Å². The minimum absolute atomic E-state index is 0.0614.